The molecule has 122 valence electrons. The molecular formula is C18H15FN2O2S. The van der Waals surface area contributed by atoms with Crippen LogP contribution in [0.4, 0.5) is 9.52 Å². The van der Waals surface area contributed by atoms with Crippen molar-refractivity contribution in [2.75, 3.05) is 11.9 Å². The summed E-state index contributed by atoms with van der Waals surface area (Å²) in [6, 6.07) is 7.92. The maximum Gasteiger partial charge on any atom is 0.232 e. The average Bonchev–Trinajstić information content (AvgIpc) is 3.21. The van der Waals surface area contributed by atoms with Gasteiger partial charge in [-0.15, -0.1) is 11.3 Å². The molecule has 0 saturated heterocycles. The summed E-state index contributed by atoms with van der Waals surface area (Å²) in [5, 5.41) is 0.682. The molecule has 2 heterocycles. The van der Waals surface area contributed by atoms with Crippen molar-refractivity contribution in [3.05, 3.63) is 58.6 Å². The topological polar surface area (TPSA) is 46.3 Å². The van der Waals surface area contributed by atoms with Crippen LogP contribution in [0.5, 0.6) is 0 Å². The lowest BCUT2D eigenvalue weighted by atomic mass is 10.0. The Morgan fingerprint density at radius 1 is 1.29 bits per heavy atom. The van der Waals surface area contributed by atoms with Gasteiger partial charge in [0.05, 0.1) is 18.4 Å². The number of carbonyl (C=O) groups excluding carboxylic acids is 1. The summed E-state index contributed by atoms with van der Waals surface area (Å²) in [5.74, 6) is 0.586. The quantitative estimate of drug-likeness (QED) is 0.726. The van der Waals surface area contributed by atoms with Crippen LogP contribution in [0.2, 0.25) is 0 Å². The van der Waals surface area contributed by atoms with E-state index in [1.54, 1.807) is 41.7 Å². The van der Waals surface area contributed by atoms with Crippen LogP contribution in [-0.2, 0) is 24.1 Å². The van der Waals surface area contributed by atoms with Gasteiger partial charge in [0.15, 0.2) is 5.13 Å². The van der Waals surface area contributed by atoms with Gasteiger partial charge < -0.3 is 4.42 Å². The van der Waals surface area contributed by atoms with Crippen LogP contribution in [0.15, 0.2) is 41.0 Å². The molecule has 1 aliphatic rings. The van der Waals surface area contributed by atoms with Crippen LogP contribution in [0, 0.1) is 5.82 Å². The number of halogens is 1. The third kappa shape index (κ3) is 2.63. The van der Waals surface area contributed by atoms with Crippen LogP contribution < -0.4 is 4.90 Å². The molecule has 0 aliphatic heterocycles. The lowest BCUT2D eigenvalue weighted by Crippen LogP contribution is -2.27. The number of thiazole rings is 1. The number of hydrogen-bond acceptors (Lipinski definition) is 4. The highest BCUT2D eigenvalue weighted by atomic mass is 32.1. The number of benzene rings is 1. The molecule has 4 rings (SSSR count). The highest BCUT2D eigenvalue weighted by Gasteiger charge is 2.25. The maximum absolute atomic E-state index is 13.0. The molecule has 0 atom stereocenters. The highest BCUT2D eigenvalue weighted by molar-refractivity contribution is 7.16. The highest BCUT2D eigenvalue weighted by Crippen LogP contribution is 2.39. The Hall–Kier alpha value is -2.47. The molecule has 1 aromatic carbocycles. The van der Waals surface area contributed by atoms with Gasteiger partial charge in [-0.3, -0.25) is 9.69 Å². The molecule has 1 amide bonds. The first kappa shape index (κ1) is 15.1. The third-order valence-corrected chi connectivity index (χ3v) is 5.39. The Morgan fingerprint density at radius 2 is 2.08 bits per heavy atom. The zero-order valence-electron chi connectivity index (χ0n) is 13.1. The number of aryl methyl sites for hydroxylation is 2. The summed E-state index contributed by atoms with van der Waals surface area (Å²) >= 11 is 1.54. The number of rotatable bonds is 3. The van der Waals surface area contributed by atoms with Crippen LogP contribution >= 0.6 is 11.3 Å². The van der Waals surface area contributed by atoms with E-state index in [2.05, 4.69) is 4.98 Å². The van der Waals surface area contributed by atoms with E-state index in [-0.39, 0.29) is 18.1 Å². The van der Waals surface area contributed by atoms with Crippen LogP contribution in [0.25, 0.3) is 11.3 Å². The van der Waals surface area contributed by atoms with E-state index in [0.717, 1.165) is 35.4 Å². The Morgan fingerprint density at radius 3 is 2.88 bits per heavy atom. The van der Waals surface area contributed by atoms with Gasteiger partial charge in [0.25, 0.3) is 0 Å². The van der Waals surface area contributed by atoms with Gasteiger partial charge in [-0.1, -0.05) is 12.1 Å². The number of nitrogens with zero attached hydrogens (tertiary/aromatic N) is 2. The monoisotopic (exact) mass is 342 g/mol. The van der Waals surface area contributed by atoms with Gasteiger partial charge in [0, 0.05) is 23.9 Å². The Kier molecular flexibility index (Phi) is 3.69. The second-order valence-electron chi connectivity index (χ2n) is 5.78. The van der Waals surface area contributed by atoms with E-state index in [9.17, 15) is 9.18 Å². The van der Waals surface area contributed by atoms with E-state index in [0.29, 0.717) is 5.13 Å². The second-order valence-corrected chi connectivity index (χ2v) is 6.84. The number of likely N-dealkylation sites (N-methyl/N-ethyl adjacent to an activating group) is 1. The Labute approximate surface area is 142 Å². The smallest absolute Gasteiger partial charge is 0.232 e. The number of carbonyl (C=O) groups is 1. The molecule has 0 bridgehead atoms. The minimum atomic E-state index is -0.303. The average molecular weight is 342 g/mol. The van der Waals surface area contributed by atoms with E-state index in [4.69, 9.17) is 4.42 Å². The largest absolute Gasteiger partial charge is 0.469 e. The van der Waals surface area contributed by atoms with Crippen molar-refractivity contribution < 1.29 is 13.6 Å². The molecule has 3 aromatic rings. The maximum atomic E-state index is 13.0. The minimum absolute atomic E-state index is 0.0693. The molecule has 0 radical (unpaired) electrons. The molecule has 0 unspecified atom stereocenters. The number of hydrogen-bond donors (Lipinski definition) is 0. The first-order chi connectivity index (χ1) is 11.6. The van der Waals surface area contributed by atoms with Crippen LogP contribution in [-0.4, -0.2) is 17.9 Å². The molecule has 24 heavy (non-hydrogen) atoms. The molecule has 1 aliphatic carbocycles. The summed E-state index contributed by atoms with van der Waals surface area (Å²) < 4.78 is 18.4. The van der Waals surface area contributed by atoms with Crippen molar-refractivity contribution >= 4 is 22.4 Å². The standard InChI is InChI=1S/C18H15FN2O2S/c1-21(16(22)10-11-2-4-12(19)5-3-11)18-20-17-13-8-9-23-14(13)6-7-15(17)24-18/h2-5,8-9H,6-7,10H2,1H3. The SMILES string of the molecule is CN(C(=O)Cc1ccc(F)cc1)c1nc2c(s1)CCc1occc1-2. The molecule has 0 spiro atoms. The van der Waals surface area contributed by atoms with Gasteiger partial charge in [-0.25, -0.2) is 9.37 Å². The van der Waals surface area contributed by atoms with E-state index in [1.807, 2.05) is 6.07 Å². The molecular weight excluding hydrogens is 327 g/mol. The van der Waals surface area contributed by atoms with Gasteiger partial charge >= 0.3 is 0 Å². The molecule has 2 aromatic heterocycles. The molecule has 0 N–H and O–H groups in total. The van der Waals surface area contributed by atoms with Crippen molar-refractivity contribution in [3.63, 3.8) is 0 Å². The fourth-order valence-electron chi connectivity index (χ4n) is 2.84. The summed E-state index contributed by atoms with van der Waals surface area (Å²) in [7, 11) is 1.73. The zero-order chi connectivity index (χ0) is 16.7. The van der Waals surface area contributed by atoms with Crippen LogP contribution in [0.1, 0.15) is 16.2 Å². The van der Waals surface area contributed by atoms with Gasteiger partial charge in [-0.05, 0) is 30.2 Å². The van der Waals surface area contributed by atoms with Crippen molar-refractivity contribution in [1.82, 2.24) is 4.98 Å². The second kappa shape index (κ2) is 5.87. The summed E-state index contributed by atoms with van der Waals surface area (Å²) in [4.78, 5) is 19.9. The van der Waals surface area contributed by atoms with Crippen LogP contribution in [0.3, 0.4) is 0 Å². The summed E-state index contributed by atoms with van der Waals surface area (Å²) in [5.41, 5.74) is 2.73. The molecule has 6 heteroatoms. The summed E-state index contributed by atoms with van der Waals surface area (Å²) in [6.07, 6.45) is 3.65. The fourth-order valence-corrected chi connectivity index (χ4v) is 3.89. The Bertz CT molecular complexity index is 898. The minimum Gasteiger partial charge on any atom is -0.469 e. The number of anilines is 1. The first-order valence-corrected chi connectivity index (χ1v) is 8.51. The number of fused-ring (bicyclic) bond motifs is 3. The zero-order valence-corrected chi connectivity index (χ0v) is 13.9. The van der Waals surface area contributed by atoms with Gasteiger partial charge in [-0.2, -0.15) is 0 Å². The number of aromatic nitrogens is 1. The van der Waals surface area contributed by atoms with E-state index >= 15 is 0 Å². The van der Waals surface area contributed by atoms with Crippen molar-refractivity contribution in [2.24, 2.45) is 0 Å². The number of furan rings is 1. The van der Waals surface area contributed by atoms with Crippen molar-refractivity contribution in [2.45, 2.75) is 19.3 Å². The summed E-state index contributed by atoms with van der Waals surface area (Å²) in [6.45, 7) is 0. The normalized spacial score (nSPS) is 12.6. The Balaban J connectivity index is 1.56. The third-order valence-electron chi connectivity index (χ3n) is 4.20. The first-order valence-electron chi connectivity index (χ1n) is 7.69. The molecule has 0 fully saturated rings. The fraction of sp³-hybridized carbons (Fsp3) is 0.222. The van der Waals surface area contributed by atoms with Crippen molar-refractivity contribution in [1.29, 1.82) is 0 Å². The van der Waals surface area contributed by atoms with Gasteiger partial charge in [0.2, 0.25) is 5.91 Å². The van der Waals surface area contributed by atoms with Crippen molar-refractivity contribution in [3.8, 4) is 11.3 Å². The molecule has 4 nitrogen and oxygen atoms in total. The van der Waals surface area contributed by atoms with E-state index in [1.165, 1.54) is 17.0 Å². The number of amides is 1. The lowest BCUT2D eigenvalue weighted by molar-refractivity contribution is -0.117. The predicted octanol–water partition coefficient (Wildman–Crippen LogP) is 3.85. The predicted molar refractivity (Wildman–Crippen MR) is 90.7 cm³/mol. The molecule has 0 saturated carbocycles. The van der Waals surface area contributed by atoms with E-state index < -0.39 is 0 Å². The lowest BCUT2D eigenvalue weighted by Gasteiger charge is -2.13. The van der Waals surface area contributed by atoms with Gasteiger partial charge in [0.1, 0.15) is 11.6 Å².